The highest BCUT2D eigenvalue weighted by Crippen LogP contribution is 2.28. The van der Waals surface area contributed by atoms with Crippen molar-refractivity contribution in [2.45, 2.75) is 18.7 Å². The molecule has 0 aliphatic carbocycles. The van der Waals surface area contributed by atoms with E-state index in [2.05, 4.69) is 10.3 Å². The number of aliphatic carboxylic acids is 1. The van der Waals surface area contributed by atoms with Crippen LogP contribution in [0.1, 0.15) is 22.5 Å². The zero-order valence-corrected chi connectivity index (χ0v) is 10.0. The molecular weight excluding hydrogens is 281 g/mol. The second-order valence-corrected chi connectivity index (χ2v) is 3.83. The van der Waals surface area contributed by atoms with Gasteiger partial charge in [0.15, 0.2) is 6.10 Å². The Morgan fingerprint density at radius 1 is 1.35 bits per heavy atom. The van der Waals surface area contributed by atoms with Crippen LogP contribution in [-0.4, -0.2) is 39.7 Å². The molecule has 0 spiro atoms. The van der Waals surface area contributed by atoms with Crippen LogP contribution in [-0.2, 0) is 11.0 Å². The average molecular weight is 292 g/mol. The standard InChI is InChI=1S/C11H11F3N2O4/c12-11(13,14)6-1-2-7(16-5-6)9(18)15-4-3-8(17)10(19)20/h1-2,5,8,17H,3-4H2,(H,15,18)(H,19,20)/t8-/m0/s1. The summed E-state index contributed by atoms with van der Waals surface area (Å²) >= 11 is 0. The Hall–Kier alpha value is -2.16. The molecule has 1 aromatic rings. The SMILES string of the molecule is O=C(NCC[C@H](O)C(=O)O)c1ccc(C(F)(F)F)cn1. The minimum Gasteiger partial charge on any atom is -0.479 e. The molecule has 0 bridgehead atoms. The first kappa shape index (κ1) is 15.9. The van der Waals surface area contributed by atoms with Crippen molar-refractivity contribution in [3.8, 4) is 0 Å². The topological polar surface area (TPSA) is 99.5 Å². The van der Waals surface area contributed by atoms with Crippen LogP contribution in [0.15, 0.2) is 18.3 Å². The molecule has 0 aliphatic rings. The number of nitrogens with one attached hydrogen (secondary N) is 1. The lowest BCUT2D eigenvalue weighted by Gasteiger charge is -2.08. The highest BCUT2D eigenvalue weighted by Gasteiger charge is 2.30. The number of carboxylic acids is 1. The normalized spacial score (nSPS) is 12.8. The van der Waals surface area contributed by atoms with E-state index in [1.165, 1.54) is 0 Å². The molecule has 0 saturated heterocycles. The van der Waals surface area contributed by atoms with Gasteiger partial charge in [-0.3, -0.25) is 9.78 Å². The molecule has 0 saturated carbocycles. The summed E-state index contributed by atoms with van der Waals surface area (Å²) in [6.07, 6.45) is -5.84. The Kier molecular flexibility index (Phi) is 5.03. The molecule has 3 N–H and O–H groups in total. The molecule has 1 amide bonds. The number of nitrogens with zero attached hydrogens (tertiary/aromatic N) is 1. The van der Waals surface area contributed by atoms with E-state index in [0.717, 1.165) is 6.07 Å². The van der Waals surface area contributed by atoms with Gasteiger partial charge in [0.2, 0.25) is 0 Å². The average Bonchev–Trinajstić information content (AvgIpc) is 2.37. The van der Waals surface area contributed by atoms with Gasteiger partial charge in [-0.15, -0.1) is 0 Å². The van der Waals surface area contributed by atoms with E-state index < -0.39 is 29.7 Å². The van der Waals surface area contributed by atoms with Crippen molar-refractivity contribution < 1.29 is 33.0 Å². The zero-order chi connectivity index (χ0) is 15.3. The van der Waals surface area contributed by atoms with Gasteiger partial charge in [-0.2, -0.15) is 13.2 Å². The number of alkyl halides is 3. The predicted octanol–water partition coefficient (Wildman–Crippen LogP) is 0.666. The summed E-state index contributed by atoms with van der Waals surface area (Å²) in [6, 6.07) is 1.62. The molecule has 1 heterocycles. The third-order valence-corrected chi connectivity index (χ3v) is 2.31. The maximum absolute atomic E-state index is 12.3. The first-order valence-corrected chi connectivity index (χ1v) is 5.44. The monoisotopic (exact) mass is 292 g/mol. The summed E-state index contributed by atoms with van der Waals surface area (Å²) < 4.78 is 36.8. The first-order valence-electron chi connectivity index (χ1n) is 5.44. The van der Waals surface area contributed by atoms with E-state index in [4.69, 9.17) is 10.2 Å². The Bertz CT molecular complexity index is 487. The Morgan fingerprint density at radius 2 is 2.00 bits per heavy atom. The third-order valence-electron chi connectivity index (χ3n) is 2.31. The van der Waals surface area contributed by atoms with Gasteiger partial charge in [-0.1, -0.05) is 0 Å². The smallest absolute Gasteiger partial charge is 0.417 e. The zero-order valence-electron chi connectivity index (χ0n) is 10.0. The van der Waals surface area contributed by atoms with Crippen LogP contribution < -0.4 is 5.32 Å². The van der Waals surface area contributed by atoms with Crippen LogP contribution in [0.25, 0.3) is 0 Å². The lowest BCUT2D eigenvalue weighted by Crippen LogP contribution is -2.30. The van der Waals surface area contributed by atoms with Crippen molar-refractivity contribution in [3.63, 3.8) is 0 Å². The number of hydrogen-bond donors (Lipinski definition) is 3. The molecular formula is C11H11F3N2O4. The molecule has 0 radical (unpaired) electrons. The van der Waals surface area contributed by atoms with Crippen LogP contribution >= 0.6 is 0 Å². The number of carbonyl (C=O) groups is 2. The van der Waals surface area contributed by atoms with Crippen LogP contribution in [0.3, 0.4) is 0 Å². The van der Waals surface area contributed by atoms with E-state index >= 15 is 0 Å². The number of rotatable bonds is 5. The highest BCUT2D eigenvalue weighted by molar-refractivity contribution is 5.92. The van der Waals surface area contributed by atoms with Crippen LogP contribution in [0, 0.1) is 0 Å². The number of carbonyl (C=O) groups excluding carboxylic acids is 1. The first-order chi connectivity index (χ1) is 9.21. The lowest BCUT2D eigenvalue weighted by molar-refractivity contribution is -0.146. The van der Waals surface area contributed by atoms with E-state index in [9.17, 15) is 22.8 Å². The van der Waals surface area contributed by atoms with Gasteiger partial charge >= 0.3 is 12.1 Å². The van der Waals surface area contributed by atoms with Crippen LogP contribution in [0.2, 0.25) is 0 Å². The maximum Gasteiger partial charge on any atom is 0.417 e. The molecule has 0 unspecified atom stereocenters. The van der Waals surface area contributed by atoms with E-state index in [1.54, 1.807) is 0 Å². The fourth-order valence-electron chi connectivity index (χ4n) is 1.23. The van der Waals surface area contributed by atoms with Crippen molar-refractivity contribution in [2.75, 3.05) is 6.54 Å². The van der Waals surface area contributed by atoms with Gasteiger partial charge in [-0.05, 0) is 12.1 Å². The third kappa shape index (κ3) is 4.50. The van der Waals surface area contributed by atoms with Crippen molar-refractivity contribution in [3.05, 3.63) is 29.6 Å². The number of hydrogen-bond acceptors (Lipinski definition) is 4. The van der Waals surface area contributed by atoms with Crippen molar-refractivity contribution in [1.29, 1.82) is 0 Å². The summed E-state index contributed by atoms with van der Waals surface area (Å²) in [4.78, 5) is 25.1. The minimum atomic E-state index is -4.53. The van der Waals surface area contributed by atoms with Crippen LogP contribution in [0.4, 0.5) is 13.2 Å². The van der Waals surface area contributed by atoms with Gasteiger partial charge in [0, 0.05) is 19.2 Å². The van der Waals surface area contributed by atoms with Crippen LogP contribution in [0.5, 0.6) is 0 Å². The second kappa shape index (κ2) is 6.33. The molecule has 1 atom stereocenters. The van der Waals surface area contributed by atoms with Gasteiger partial charge in [0.1, 0.15) is 5.69 Å². The quantitative estimate of drug-likeness (QED) is 0.740. The number of pyridine rings is 1. The van der Waals surface area contributed by atoms with Crippen molar-refractivity contribution >= 4 is 11.9 Å². The molecule has 20 heavy (non-hydrogen) atoms. The van der Waals surface area contributed by atoms with Gasteiger partial charge < -0.3 is 15.5 Å². The summed E-state index contributed by atoms with van der Waals surface area (Å²) in [5, 5.41) is 19.6. The van der Waals surface area contributed by atoms with E-state index in [0.29, 0.717) is 12.3 Å². The second-order valence-electron chi connectivity index (χ2n) is 3.83. The predicted molar refractivity (Wildman–Crippen MR) is 59.8 cm³/mol. The van der Waals surface area contributed by atoms with E-state index in [-0.39, 0.29) is 18.7 Å². The summed E-state index contributed by atoms with van der Waals surface area (Å²) in [7, 11) is 0. The van der Waals surface area contributed by atoms with Crippen molar-refractivity contribution in [1.82, 2.24) is 10.3 Å². The highest BCUT2D eigenvalue weighted by atomic mass is 19.4. The Morgan fingerprint density at radius 3 is 2.45 bits per heavy atom. The molecule has 1 aromatic heterocycles. The van der Waals surface area contributed by atoms with E-state index in [1.807, 2.05) is 0 Å². The number of aliphatic hydroxyl groups excluding tert-OH is 1. The minimum absolute atomic E-state index is 0.144. The van der Waals surface area contributed by atoms with Gasteiger partial charge in [0.05, 0.1) is 5.56 Å². The molecule has 6 nitrogen and oxygen atoms in total. The number of carboxylic acid groups (broad SMARTS) is 1. The Labute approximate surface area is 111 Å². The number of halogens is 3. The molecule has 9 heteroatoms. The molecule has 110 valence electrons. The van der Waals surface area contributed by atoms with Gasteiger partial charge in [0.25, 0.3) is 5.91 Å². The number of amides is 1. The summed E-state index contributed by atoms with van der Waals surface area (Å²) in [6.45, 7) is -0.144. The molecule has 0 aliphatic heterocycles. The number of aromatic nitrogens is 1. The molecule has 0 fully saturated rings. The molecule has 0 aromatic carbocycles. The number of aliphatic hydroxyl groups is 1. The fraction of sp³-hybridized carbons (Fsp3) is 0.364. The summed E-state index contributed by atoms with van der Waals surface area (Å²) in [5.74, 6) is -2.18. The maximum atomic E-state index is 12.3. The Balaban J connectivity index is 2.54. The lowest BCUT2D eigenvalue weighted by atomic mass is 10.2. The van der Waals surface area contributed by atoms with Crippen molar-refractivity contribution in [2.24, 2.45) is 0 Å². The fourth-order valence-corrected chi connectivity index (χ4v) is 1.23. The molecule has 1 rings (SSSR count). The summed E-state index contributed by atoms with van der Waals surface area (Å²) in [5.41, 5.74) is -1.21. The largest absolute Gasteiger partial charge is 0.479 e. The van der Waals surface area contributed by atoms with Gasteiger partial charge in [-0.25, -0.2) is 4.79 Å².